The van der Waals surface area contributed by atoms with Gasteiger partial charge >= 0.3 is 0 Å². The Morgan fingerprint density at radius 2 is 2.15 bits per heavy atom. The van der Waals surface area contributed by atoms with Crippen molar-refractivity contribution in [3.05, 3.63) is 65.9 Å². The number of hydrogen-bond donors (Lipinski definition) is 1. The van der Waals surface area contributed by atoms with Gasteiger partial charge in [0.05, 0.1) is 0 Å². The number of aromatic nitrogens is 4. The van der Waals surface area contributed by atoms with Crippen LogP contribution in [0.25, 0.3) is 5.82 Å². The van der Waals surface area contributed by atoms with Crippen LogP contribution in [0.2, 0.25) is 0 Å². The van der Waals surface area contributed by atoms with Gasteiger partial charge in [-0.1, -0.05) is 26.0 Å². The third-order valence-electron chi connectivity index (χ3n) is 4.21. The van der Waals surface area contributed by atoms with Gasteiger partial charge in [0.25, 0.3) is 5.91 Å². The van der Waals surface area contributed by atoms with Gasteiger partial charge in [-0.2, -0.15) is 5.10 Å². The highest BCUT2D eigenvalue weighted by atomic mass is 16.5. The molecule has 0 aliphatic heterocycles. The summed E-state index contributed by atoms with van der Waals surface area (Å²) in [6, 6.07) is 9.62. The fourth-order valence-electron chi connectivity index (χ4n) is 2.87. The van der Waals surface area contributed by atoms with Crippen LogP contribution >= 0.6 is 0 Å². The average Bonchev–Trinajstić information content (AvgIpc) is 3.19. The summed E-state index contributed by atoms with van der Waals surface area (Å²) in [5, 5.41) is 6.93. The van der Waals surface area contributed by atoms with Gasteiger partial charge in [-0.25, -0.2) is 14.6 Å². The van der Waals surface area contributed by atoms with Gasteiger partial charge in [-0.05, 0) is 42.2 Å². The predicted octanol–water partition coefficient (Wildman–Crippen LogP) is 2.79. The van der Waals surface area contributed by atoms with Gasteiger partial charge in [-0.15, -0.1) is 0 Å². The number of nitrogens with one attached hydrogen (secondary N) is 1. The SMILES string of the molecule is Cc1cc(OCC(=O)NCc2cccnc2-n2cncn2)ccc1C(C)C. The summed E-state index contributed by atoms with van der Waals surface area (Å²) in [5.41, 5.74) is 3.29. The van der Waals surface area contributed by atoms with Crippen LogP contribution in [0.15, 0.2) is 49.2 Å². The summed E-state index contributed by atoms with van der Waals surface area (Å²) in [6.07, 6.45) is 4.69. The normalized spacial score (nSPS) is 10.8. The highest BCUT2D eigenvalue weighted by Crippen LogP contribution is 2.23. The Hall–Kier alpha value is -3.22. The molecular weight excluding hydrogens is 342 g/mol. The lowest BCUT2D eigenvalue weighted by molar-refractivity contribution is -0.123. The smallest absolute Gasteiger partial charge is 0.258 e. The number of rotatable bonds is 7. The van der Waals surface area contributed by atoms with Gasteiger partial charge in [0, 0.05) is 18.3 Å². The number of ether oxygens (including phenoxy) is 1. The van der Waals surface area contributed by atoms with Crippen LogP contribution < -0.4 is 10.1 Å². The Morgan fingerprint density at radius 1 is 1.30 bits per heavy atom. The van der Waals surface area contributed by atoms with Crippen molar-refractivity contribution >= 4 is 5.91 Å². The zero-order valence-corrected chi connectivity index (χ0v) is 15.7. The van der Waals surface area contributed by atoms with Crippen molar-refractivity contribution in [1.82, 2.24) is 25.1 Å². The molecule has 0 unspecified atom stereocenters. The molecule has 0 radical (unpaired) electrons. The number of aryl methyl sites for hydroxylation is 1. The Balaban J connectivity index is 1.56. The van der Waals surface area contributed by atoms with Gasteiger partial charge in [0.15, 0.2) is 12.4 Å². The van der Waals surface area contributed by atoms with Crippen LogP contribution in [0.5, 0.6) is 5.75 Å². The van der Waals surface area contributed by atoms with Crippen LogP contribution in [-0.4, -0.2) is 32.3 Å². The topological polar surface area (TPSA) is 81.9 Å². The van der Waals surface area contributed by atoms with E-state index in [4.69, 9.17) is 4.74 Å². The van der Waals surface area contributed by atoms with Gasteiger partial charge in [0.1, 0.15) is 18.4 Å². The Morgan fingerprint density at radius 3 is 2.85 bits per heavy atom. The molecule has 140 valence electrons. The molecule has 0 aliphatic rings. The summed E-state index contributed by atoms with van der Waals surface area (Å²) in [6.45, 7) is 6.65. The average molecular weight is 365 g/mol. The maximum absolute atomic E-state index is 12.2. The highest BCUT2D eigenvalue weighted by molar-refractivity contribution is 5.77. The minimum Gasteiger partial charge on any atom is -0.484 e. The summed E-state index contributed by atoms with van der Waals surface area (Å²) in [7, 11) is 0. The van der Waals surface area contributed by atoms with E-state index in [0.717, 1.165) is 11.1 Å². The van der Waals surface area contributed by atoms with Crippen molar-refractivity contribution in [1.29, 1.82) is 0 Å². The molecule has 2 heterocycles. The van der Waals surface area contributed by atoms with Crippen LogP contribution in [0.1, 0.15) is 36.5 Å². The molecule has 0 saturated carbocycles. The van der Waals surface area contributed by atoms with Crippen molar-refractivity contribution in [3.8, 4) is 11.6 Å². The van der Waals surface area contributed by atoms with Crippen LogP contribution in [-0.2, 0) is 11.3 Å². The first-order chi connectivity index (χ1) is 13.0. The number of amides is 1. The number of pyridine rings is 1. The first kappa shape index (κ1) is 18.6. The second-order valence-electron chi connectivity index (χ2n) is 6.56. The lowest BCUT2D eigenvalue weighted by atomic mass is 9.98. The molecule has 0 aliphatic carbocycles. The molecule has 7 nitrogen and oxygen atoms in total. The quantitative estimate of drug-likeness (QED) is 0.696. The summed E-state index contributed by atoms with van der Waals surface area (Å²) in [5.74, 6) is 1.59. The Labute approximate surface area is 158 Å². The van der Waals surface area contributed by atoms with Crippen LogP contribution in [0, 0.1) is 6.92 Å². The second-order valence-corrected chi connectivity index (χ2v) is 6.56. The van der Waals surface area contributed by atoms with Gasteiger partial charge in [-0.3, -0.25) is 4.79 Å². The predicted molar refractivity (Wildman–Crippen MR) is 102 cm³/mol. The van der Waals surface area contributed by atoms with Crippen molar-refractivity contribution in [2.24, 2.45) is 0 Å². The third-order valence-corrected chi connectivity index (χ3v) is 4.21. The van der Waals surface area contributed by atoms with Crippen molar-refractivity contribution < 1.29 is 9.53 Å². The Bertz CT molecular complexity index is 906. The van der Waals surface area contributed by atoms with E-state index in [1.54, 1.807) is 17.2 Å². The molecule has 0 fully saturated rings. The number of carbonyl (C=O) groups is 1. The molecule has 1 N–H and O–H groups in total. The number of carbonyl (C=O) groups excluding carboxylic acids is 1. The minimum absolute atomic E-state index is 0.0423. The molecule has 1 amide bonds. The van der Waals surface area contributed by atoms with E-state index in [0.29, 0.717) is 24.0 Å². The number of nitrogens with zero attached hydrogens (tertiary/aromatic N) is 4. The zero-order valence-electron chi connectivity index (χ0n) is 15.7. The monoisotopic (exact) mass is 365 g/mol. The van der Waals surface area contributed by atoms with E-state index in [1.807, 2.05) is 30.3 Å². The summed E-state index contributed by atoms with van der Waals surface area (Å²) in [4.78, 5) is 20.4. The molecule has 0 atom stereocenters. The molecule has 0 spiro atoms. The number of benzene rings is 1. The van der Waals surface area contributed by atoms with E-state index in [2.05, 4.69) is 41.2 Å². The van der Waals surface area contributed by atoms with Crippen molar-refractivity contribution in [2.45, 2.75) is 33.2 Å². The summed E-state index contributed by atoms with van der Waals surface area (Å²) >= 11 is 0. The maximum Gasteiger partial charge on any atom is 0.258 e. The van der Waals surface area contributed by atoms with Crippen LogP contribution in [0.3, 0.4) is 0 Å². The van der Waals surface area contributed by atoms with Crippen LogP contribution in [0.4, 0.5) is 0 Å². The standard InChI is InChI=1S/C20H23N5O2/c1-14(2)18-7-6-17(9-15(18)3)27-11-19(26)23-10-16-5-4-8-22-20(16)25-13-21-12-24-25/h4-9,12-14H,10-11H2,1-3H3,(H,23,26). The molecular formula is C20H23N5O2. The first-order valence-electron chi connectivity index (χ1n) is 8.83. The van der Waals surface area contributed by atoms with E-state index in [9.17, 15) is 4.79 Å². The van der Waals surface area contributed by atoms with E-state index in [1.165, 1.54) is 11.9 Å². The zero-order chi connectivity index (χ0) is 19.2. The molecule has 0 saturated heterocycles. The number of hydrogen-bond acceptors (Lipinski definition) is 5. The molecule has 7 heteroatoms. The van der Waals surface area contributed by atoms with Gasteiger partial charge in [0.2, 0.25) is 0 Å². The maximum atomic E-state index is 12.2. The lowest BCUT2D eigenvalue weighted by Crippen LogP contribution is -2.29. The fourth-order valence-corrected chi connectivity index (χ4v) is 2.87. The van der Waals surface area contributed by atoms with E-state index in [-0.39, 0.29) is 12.5 Å². The van der Waals surface area contributed by atoms with E-state index >= 15 is 0 Å². The largest absolute Gasteiger partial charge is 0.484 e. The van der Waals surface area contributed by atoms with Crippen molar-refractivity contribution in [3.63, 3.8) is 0 Å². The van der Waals surface area contributed by atoms with Crippen molar-refractivity contribution in [2.75, 3.05) is 6.61 Å². The lowest BCUT2D eigenvalue weighted by Gasteiger charge is -2.13. The molecule has 2 aromatic heterocycles. The summed E-state index contributed by atoms with van der Waals surface area (Å²) < 4.78 is 7.19. The first-order valence-corrected chi connectivity index (χ1v) is 8.83. The highest BCUT2D eigenvalue weighted by Gasteiger charge is 2.10. The fraction of sp³-hybridized carbons (Fsp3) is 0.300. The molecule has 3 aromatic rings. The Kier molecular flexibility index (Phi) is 5.80. The molecule has 3 rings (SSSR count). The molecule has 1 aromatic carbocycles. The molecule has 27 heavy (non-hydrogen) atoms. The minimum atomic E-state index is -0.200. The second kappa shape index (κ2) is 8.44. The third kappa shape index (κ3) is 4.69. The van der Waals surface area contributed by atoms with Gasteiger partial charge < -0.3 is 10.1 Å². The molecule has 0 bridgehead atoms. The van der Waals surface area contributed by atoms with E-state index < -0.39 is 0 Å².